The van der Waals surface area contributed by atoms with Crippen LogP contribution in [0, 0.1) is 0 Å². The minimum Gasteiger partial charge on any atom is -0.340 e. The van der Waals surface area contributed by atoms with E-state index in [0.29, 0.717) is 6.42 Å². The van der Waals surface area contributed by atoms with Gasteiger partial charge in [-0.2, -0.15) is 17.5 Å². The average Bonchev–Trinajstić information content (AvgIpc) is 2.53. The Bertz CT molecular complexity index is 681. The van der Waals surface area contributed by atoms with Gasteiger partial charge in [-0.05, 0) is 12.1 Å². The Hall–Kier alpha value is -1.61. The van der Waals surface area contributed by atoms with Crippen LogP contribution in [0.1, 0.15) is 18.9 Å². The molecule has 0 spiro atoms. The van der Waals surface area contributed by atoms with E-state index in [-0.39, 0.29) is 32.1 Å². The number of nitrogens with zero attached hydrogens (tertiary/aromatic N) is 2. The predicted molar refractivity (Wildman–Crippen MR) is 77.1 cm³/mol. The molecule has 128 valence electrons. The van der Waals surface area contributed by atoms with Crippen molar-refractivity contribution in [2.24, 2.45) is 0 Å². The first-order valence-electron chi connectivity index (χ1n) is 7.12. The lowest BCUT2D eigenvalue weighted by Gasteiger charge is -2.34. The van der Waals surface area contributed by atoms with Gasteiger partial charge in [-0.25, -0.2) is 8.42 Å². The first-order chi connectivity index (χ1) is 10.7. The molecule has 0 aromatic heterocycles. The van der Waals surface area contributed by atoms with Crippen LogP contribution in [-0.4, -0.2) is 49.7 Å². The van der Waals surface area contributed by atoms with Gasteiger partial charge >= 0.3 is 6.18 Å². The quantitative estimate of drug-likeness (QED) is 0.837. The Balaban J connectivity index is 2.26. The molecule has 1 heterocycles. The number of benzene rings is 1. The molecule has 1 aromatic carbocycles. The first kappa shape index (κ1) is 17.7. The average molecular weight is 350 g/mol. The van der Waals surface area contributed by atoms with E-state index in [1.165, 1.54) is 11.0 Å². The minimum atomic E-state index is -4.75. The van der Waals surface area contributed by atoms with Crippen molar-refractivity contribution in [3.63, 3.8) is 0 Å². The van der Waals surface area contributed by atoms with Gasteiger partial charge in [0.25, 0.3) is 0 Å². The monoisotopic (exact) mass is 350 g/mol. The zero-order valence-electron chi connectivity index (χ0n) is 12.5. The summed E-state index contributed by atoms with van der Waals surface area (Å²) < 4.78 is 65.1. The Labute approximate surface area is 132 Å². The van der Waals surface area contributed by atoms with Crippen LogP contribution in [0.3, 0.4) is 0 Å². The van der Waals surface area contributed by atoms with Gasteiger partial charge in [-0.3, -0.25) is 4.79 Å². The van der Waals surface area contributed by atoms with E-state index in [4.69, 9.17) is 0 Å². The summed E-state index contributed by atoms with van der Waals surface area (Å²) in [5.74, 6) is -0.0993. The van der Waals surface area contributed by atoms with Crippen molar-refractivity contribution in [2.45, 2.75) is 24.4 Å². The minimum absolute atomic E-state index is 0.0136. The Morgan fingerprint density at radius 3 is 2.22 bits per heavy atom. The molecule has 1 aliphatic rings. The highest BCUT2D eigenvalue weighted by Gasteiger charge is 2.39. The number of sulfonamides is 1. The smallest absolute Gasteiger partial charge is 0.340 e. The van der Waals surface area contributed by atoms with Crippen molar-refractivity contribution in [2.75, 3.05) is 26.2 Å². The molecule has 1 aromatic rings. The number of halogens is 3. The molecular formula is C14H17F3N2O3S. The zero-order valence-corrected chi connectivity index (χ0v) is 13.3. The van der Waals surface area contributed by atoms with Gasteiger partial charge in [0.1, 0.15) is 0 Å². The fourth-order valence-electron chi connectivity index (χ4n) is 2.47. The fourth-order valence-corrected chi connectivity index (χ4v) is 4.10. The maximum absolute atomic E-state index is 13.0. The van der Waals surface area contributed by atoms with Gasteiger partial charge in [0.15, 0.2) is 0 Å². The lowest BCUT2D eigenvalue weighted by molar-refractivity contribution is -0.139. The van der Waals surface area contributed by atoms with Gasteiger partial charge in [-0.15, -0.1) is 0 Å². The Kier molecular flexibility index (Phi) is 5.00. The van der Waals surface area contributed by atoms with E-state index in [9.17, 15) is 26.4 Å². The van der Waals surface area contributed by atoms with Gasteiger partial charge in [0, 0.05) is 32.6 Å². The zero-order chi connectivity index (χ0) is 17.3. The number of alkyl halides is 3. The van der Waals surface area contributed by atoms with Crippen LogP contribution in [0.4, 0.5) is 13.2 Å². The van der Waals surface area contributed by atoms with Gasteiger partial charge < -0.3 is 4.90 Å². The molecule has 9 heteroatoms. The molecule has 0 aliphatic carbocycles. The molecule has 2 rings (SSSR count). The predicted octanol–water partition coefficient (Wildman–Crippen LogP) is 1.95. The maximum atomic E-state index is 13.0. The summed E-state index contributed by atoms with van der Waals surface area (Å²) in [4.78, 5) is 12.4. The number of hydrogen-bond acceptors (Lipinski definition) is 3. The maximum Gasteiger partial charge on any atom is 0.417 e. The second kappa shape index (κ2) is 6.48. The summed E-state index contributed by atoms with van der Waals surface area (Å²) in [6.45, 7) is 2.03. The van der Waals surface area contributed by atoms with Crippen molar-refractivity contribution in [3.8, 4) is 0 Å². The normalized spacial score (nSPS) is 17.3. The second-order valence-electron chi connectivity index (χ2n) is 5.13. The van der Waals surface area contributed by atoms with Crippen LogP contribution >= 0.6 is 0 Å². The fraction of sp³-hybridized carbons (Fsp3) is 0.500. The third-order valence-electron chi connectivity index (χ3n) is 3.70. The molecule has 0 unspecified atom stereocenters. The molecule has 0 atom stereocenters. The molecule has 1 saturated heterocycles. The molecule has 1 amide bonds. The van der Waals surface area contributed by atoms with Crippen LogP contribution in [-0.2, 0) is 21.0 Å². The molecular weight excluding hydrogens is 333 g/mol. The van der Waals surface area contributed by atoms with Gasteiger partial charge in [-0.1, -0.05) is 19.1 Å². The number of amides is 1. The number of rotatable bonds is 3. The summed E-state index contributed by atoms with van der Waals surface area (Å²) in [6.07, 6.45) is -4.44. The highest BCUT2D eigenvalue weighted by atomic mass is 32.2. The Morgan fingerprint density at radius 2 is 1.70 bits per heavy atom. The molecule has 0 N–H and O–H groups in total. The van der Waals surface area contributed by atoms with E-state index in [1.54, 1.807) is 6.92 Å². The number of carbonyl (C=O) groups excluding carboxylic acids is 1. The van der Waals surface area contributed by atoms with E-state index < -0.39 is 26.7 Å². The third kappa shape index (κ3) is 3.66. The topological polar surface area (TPSA) is 57.7 Å². The van der Waals surface area contributed by atoms with Gasteiger partial charge in [0.05, 0.1) is 10.5 Å². The third-order valence-corrected chi connectivity index (χ3v) is 5.66. The second-order valence-corrected chi connectivity index (χ2v) is 7.04. The summed E-state index contributed by atoms with van der Waals surface area (Å²) in [6, 6.07) is 4.13. The highest BCUT2D eigenvalue weighted by Crippen LogP contribution is 2.35. The van der Waals surface area contributed by atoms with Crippen molar-refractivity contribution >= 4 is 15.9 Å². The van der Waals surface area contributed by atoms with Gasteiger partial charge in [0.2, 0.25) is 15.9 Å². The summed E-state index contributed by atoms with van der Waals surface area (Å²) in [5.41, 5.74) is -1.17. The molecule has 0 saturated carbocycles. The molecule has 23 heavy (non-hydrogen) atoms. The van der Waals surface area contributed by atoms with Crippen LogP contribution in [0.25, 0.3) is 0 Å². The first-order valence-corrected chi connectivity index (χ1v) is 8.56. The molecule has 1 aliphatic heterocycles. The summed E-state index contributed by atoms with van der Waals surface area (Å²) in [7, 11) is -4.26. The molecule has 0 radical (unpaired) electrons. The van der Waals surface area contributed by atoms with E-state index >= 15 is 0 Å². The van der Waals surface area contributed by atoms with Crippen LogP contribution in [0.15, 0.2) is 29.2 Å². The lowest BCUT2D eigenvalue weighted by atomic mass is 10.2. The van der Waals surface area contributed by atoms with E-state index in [1.807, 2.05) is 0 Å². The van der Waals surface area contributed by atoms with Crippen LogP contribution in [0.2, 0.25) is 0 Å². The highest BCUT2D eigenvalue weighted by molar-refractivity contribution is 7.89. The van der Waals surface area contributed by atoms with E-state index in [0.717, 1.165) is 22.5 Å². The number of hydrogen-bond donors (Lipinski definition) is 0. The SMILES string of the molecule is CCC(=O)N1CCN(S(=O)(=O)c2ccccc2C(F)(F)F)CC1. The standard InChI is InChI=1S/C14H17F3N2O3S/c1-2-13(20)18-7-9-19(10-8-18)23(21,22)12-6-4-3-5-11(12)14(15,16)17/h3-6H,2,7-10H2,1H3. The van der Waals surface area contributed by atoms with Crippen molar-refractivity contribution in [3.05, 3.63) is 29.8 Å². The van der Waals surface area contributed by atoms with Crippen molar-refractivity contribution < 1.29 is 26.4 Å². The van der Waals surface area contributed by atoms with Crippen molar-refractivity contribution in [1.29, 1.82) is 0 Å². The van der Waals surface area contributed by atoms with E-state index in [2.05, 4.69) is 0 Å². The molecule has 5 nitrogen and oxygen atoms in total. The molecule has 1 fully saturated rings. The lowest BCUT2D eigenvalue weighted by Crippen LogP contribution is -2.50. The largest absolute Gasteiger partial charge is 0.417 e. The van der Waals surface area contributed by atoms with Crippen LogP contribution in [0.5, 0.6) is 0 Å². The number of piperazine rings is 1. The number of carbonyl (C=O) groups is 1. The van der Waals surface area contributed by atoms with Crippen molar-refractivity contribution in [1.82, 2.24) is 9.21 Å². The summed E-state index contributed by atoms with van der Waals surface area (Å²) >= 11 is 0. The van der Waals surface area contributed by atoms with Crippen LogP contribution < -0.4 is 0 Å². The summed E-state index contributed by atoms with van der Waals surface area (Å²) in [5, 5.41) is 0. The Morgan fingerprint density at radius 1 is 1.13 bits per heavy atom. The molecule has 0 bridgehead atoms.